The van der Waals surface area contributed by atoms with Crippen molar-refractivity contribution in [2.75, 3.05) is 44.7 Å². The van der Waals surface area contributed by atoms with Crippen LogP contribution in [0.5, 0.6) is 0 Å². The summed E-state index contributed by atoms with van der Waals surface area (Å²) in [4.78, 5) is 9.60. The summed E-state index contributed by atoms with van der Waals surface area (Å²) in [5, 5.41) is 7.20. The molecule has 0 amide bonds. The molecule has 4 rings (SSSR count). The Morgan fingerprint density at radius 2 is 1.88 bits per heavy atom. The Morgan fingerprint density at radius 1 is 1.08 bits per heavy atom. The standard InChI is InChI=1S/C21H33N5/c1-16-3-5-19(6-4-16)26-12-10-18(15-26)24-21(22-2)23-13-17-9-11-25(14-17)20-7-8-20/h3-6,17-18,20H,7-15H2,1-2H3,(H2,22,23,24). The Kier molecular flexibility index (Phi) is 5.34. The quantitative estimate of drug-likeness (QED) is 0.628. The Morgan fingerprint density at radius 3 is 2.62 bits per heavy atom. The number of guanidine groups is 1. The molecule has 1 saturated carbocycles. The highest BCUT2D eigenvalue weighted by atomic mass is 15.3. The van der Waals surface area contributed by atoms with Crippen molar-refractivity contribution in [1.29, 1.82) is 0 Å². The molecule has 2 heterocycles. The lowest BCUT2D eigenvalue weighted by Crippen LogP contribution is -2.46. The molecule has 0 aromatic heterocycles. The molecular weight excluding hydrogens is 322 g/mol. The molecule has 26 heavy (non-hydrogen) atoms. The van der Waals surface area contributed by atoms with E-state index in [1.807, 2.05) is 7.05 Å². The molecule has 2 saturated heterocycles. The fourth-order valence-corrected chi connectivity index (χ4v) is 4.30. The lowest BCUT2D eigenvalue weighted by molar-refractivity contribution is 0.314. The maximum Gasteiger partial charge on any atom is 0.191 e. The number of nitrogens with zero attached hydrogens (tertiary/aromatic N) is 3. The Labute approximate surface area is 157 Å². The van der Waals surface area contributed by atoms with E-state index in [1.165, 1.54) is 43.6 Å². The molecule has 5 nitrogen and oxygen atoms in total. The zero-order chi connectivity index (χ0) is 17.9. The Bertz CT molecular complexity index is 622. The highest BCUT2D eigenvalue weighted by Crippen LogP contribution is 2.31. The summed E-state index contributed by atoms with van der Waals surface area (Å²) in [5.74, 6) is 1.73. The molecular formula is C21H33N5. The van der Waals surface area contributed by atoms with Crippen LogP contribution in [0.15, 0.2) is 29.3 Å². The van der Waals surface area contributed by atoms with Gasteiger partial charge in [0.15, 0.2) is 5.96 Å². The van der Waals surface area contributed by atoms with Crippen molar-refractivity contribution in [1.82, 2.24) is 15.5 Å². The first-order valence-corrected chi connectivity index (χ1v) is 10.2. The van der Waals surface area contributed by atoms with Gasteiger partial charge in [0.1, 0.15) is 0 Å². The van der Waals surface area contributed by atoms with Gasteiger partial charge in [-0.3, -0.25) is 4.99 Å². The number of aryl methyl sites for hydroxylation is 1. The maximum absolute atomic E-state index is 4.45. The highest BCUT2D eigenvalue weighted by Gasteiger charge is 2.34. The number of rotatable bonds is 5. The summed E-state index contributed by atoms with van der Waals surface area (Å²) in [6.45, 7) is 7.88. The van der Waals surface area contributed by atoms with Gasteiger partial charge in [-0.25, -0.2) is 0 Å². The van der Waals surface area contributed by atoms with E-state index >= 15 is 0 Å². The normalized spacial score (nSPS) is 27.2. The minimum atomic E-state index is 0.467. The largest absolute Gasteiger partial charge is 0.369 e. The van der Waals surface area contributed by atoms with E-state index in [1.54, 1.807) is 0 Å². The van der Waals surface area contributed by atoms with E-state index in [-0.39, 0.29) is 0 Å². The zero-order valence-corrected chi connectivity index (χ0v) is 16.2. The van der Waals surface area contributed by atoms with Crippen LogP contribution in [-0.4, -0.2) is 62.7 Å². The number of likely N-dealkylation sites (tertiary alicyclic amines) is 1. The third-order valence-electron chi connectivity index (χ3n) is 6.09. The highest BCUT2D eigenvalue weighted by molar-refractivity contribution is 5.80. The van der Waals surface area contributed by atoms with Crippen LogP contribution in [0.4, 0.5) is 5.69 Å². The lowest BCUT2D eigenvalue weighted by atomic mass is 10.1. The molecule has 1 aliphatic carbocycles. The van der Waals surface area contributed by atoms with Crippen molar-refractivity contribution in [3.63, 3.8) is 0 Å². The number of hydrogen-bond acceptors (Lipinski definition) is 3. The monoisotopic (exact) mass is 355 g/mol. The molecule has 0 bridgehead atoms. The van der Waals surface area contributed by atoms with E-state index < -0.39 is 0 Å². The topological polar surface area (TPSA) is 42.9 Å². The van der Waals surface area contributed by atoms with E-state index in [0.29, 0.717) is 6.04 Å². The van der Waals surface area contributed by atoms with Crippen molar-refractivity contribution in [3.8, 4) is 0 Å². The molecule has 0 radical (unpaired) electrons. The van der Waals surface area contributed by atoms with Crippen LogP contribution in [0, 0.1) is 12.8 Å². The number of hydrogen-bond donors (Lipinski definition) is 2. The second-order valence-corrected chi connectivity index (χ2v) is 8.25. The van der Waals surface area contributed by atoms with Gasteiger partial charge >= 0.3 is 0 Å². The third-order valence-corrected chi connectivity index (χ3v) is 6.09. The fourth-order valence-electron chi connectivity index (χ4n) is 4.30. The molecule has 2 atom stereocenters. The number of benzene rings is 1. The SMILES string of the molecule is CN=C(NCC1CCN(C2CC2)C1)NC1CCN(c2ccc(C)cc2)C1. The van der Waals surface area contributed by atoms with Gasteiger partial charge in [-0.1, -0.05) is 17.7 Å². The maximum atomic E-state index is 4.45. The van der Waals surface area contributed by atoms with Gasteiger partial charge in [0, 0.05) is 51.0 Å². The van der Waals surface area contributed by atoms with Crippen molar-refractivity contribution in [3.05, 3.63) is 29.8 Å². The second-order valence-electron chi connectivity index (χ2n) is 8.25. The van der Waals surface area contributed by atoms with Gasteiger partial charge in [-0.2, -0.15) is 0 Å². The molecule has 3 fully saturated rings. The van der Waals surface area contributed by atoms with E-state index in [4.69, 9.17) is 0 Å². The van der Waals surface area contributed by atoms with Crippen LogP contribution in [0.3, 0.4) is 0 Å². The van der Waals surface area contributed by atoms with Crippen LogP contribution in [-0.2, 0) is 0 Å². The predicted octanol–water partition coefficient (Wildman–Crippen LogP) is 2.22. The number of aliphatic imine (C=N–C) groups is 1. The molecule has 1 aromatic carbocycles. The fraction of sp³-hybridized carbons (Fsp3) is 0.667. The van der Waals surface area contributed by atoms with Crippen molar-refractivity contribution in [2.24, 2.45) is 10.9 Å². The van der Waals surface area contributed by atoms with Crippen LogP contribution in [0.25, 0.3) is 0 Å². The summed E-state index contributed by atoms with van der Waals surface area (Å²) in [7, 11) is 1.88. The first kappa shape index (κ1) is 17.7. The van der Waals surface area contributed by atoms with Crippen LogP contribution in [0.2, 0.25) is 0 Å². The van der Waals surface area contributed by atoms with Crippen molar-refractivity contribution in [2.45, 2.75) is 44.7 Å². The molecule has 3 aliphatic rings. The first-order valence-electron chi connectivity index (χ1n) is 10.2. The average Bonchev–Trinajstić information content (AvgIpc) is 3.22. The van der Waals surface area contributed by atoms with Crippen LogP contribution >= 0.6 is 0 Å². The molecule has 142 valence electrons. The molecule has 2 unspecified atom stereocenters. The van der Waals surface area contributed by atoms with Gasteiger partial charge in [-0.05, 0) is 57.2 Å². The van der Waals surface area contributed by atoms with Crippen molar-refractivity contribution < 1.29 is 0 Å². The first-order chi connectivity index (χ1) is 12.7. The zero-order valence-electron chi connectivity index (χ0n) is 16.2. The third kappa shape index (κ3) is 4.32. The summed E-state index contributed by atoms with van der Waals surface area (Å²) in [6, 6.07) is 10.2. The second kappa shape index (κ2) is 7.87. The minimum Gasteiger partial charge on any atom is -0.369 e. The molecule has 2 N–H and O–H groups in total. The van der Waals surface area contributed by atoms with E-state index in [2.05, 4.69) is 56.6 Å². The van der Waals surface area contributed by atoms with Crippen LogP contribution < -0.4 is 15.5 Å². The average molecular weight is 356 g/mol. The van der Waals surface area contributed by atoms with E-state index in [0.717, 1.165) is 44.0 Å². The van der Waals surface area contributed by atoms with Gasteiger partial charge in [0.05, 0.1) is 0 Å². The van der Waals surface area contributed by atoms with Gasteiger partial charge in [0.2, 0.25) is 0 Å². The summed E-state index contributed by atoms with van der Waals surface area (Å²) >= 11 is 0. The molecule has 1 aromatic rings. The van der Waals surface area contributed by atoms with Crippen molar-refractivity contribution >= 4 is 11.6 Å². The molecule has 5 heteroatoms. The summed E-state index contributed by atoms with van der Waals surface area (Å²) in [5.41, 5.74) is 2.65. The molecule has 2 aliphatic heterocycles. The predicted molar refractivity (Wildman–Crippen MR) is 109 cm³/mol. The van der Waals surface area contributed by atoms with Gasteiger partial charge in [-0.15, -0.1) is 0 Å². The Balaban J connectivity index is 1.22. The number of nitrogens with one attached hydrogen (secondary N) is 2. The lowest BCUT2D eigenvalue weighted by Gasteiger charge is -2.21. The molecule has 0 spiro atoms. The smallest absolute Gasteiger partial charge is 0.191 e. The number of anilines is 1. The summed E-state index contributed by atoms with van der Waals surface area (Å²) in [6.07, 6.45) is 5.32. The summed E-state index contributed by atoms with van der Waals surface area (Å²) < 4.78 is 0. The van der Waals surface area contributed by atoms with E-state index in [9.17, 15) is 0 Å². The Hall–Kier alpha value is -1.75. The van der Waals surface area contributed by atoms with Gasteiger partial charge < -0.3 is 20.4 Å². The minimum absolute atomic E-state index is 0.467. The van der Waals surface area contributed by atoms with Gasteiger partial charge in [0.25, 0.3) is 0 Å². The van der Waals surface area contributed by atoms with Crippen LogP contribution in [0.1, 0.15) is 31.2 Å².